The monoisotopic (exact) mass is 240 g/mol. The Labute approximate surface area is 98.7 Å². The van der Waals surface area contributed by atoms with Crippen molar-refractivity contribution in [2.24, 2.45) is 5.73 Å². The van der Waals surface area contributed by atoms with Crippen molar-refractivity contribution in [3.8, 4) is 0 Å². The van der Waals surface area contributed by atoms with E-state index in [0.717, 1.165) is 0 Å². The highest BCUT2D eigenvalue weighted by atomic mass is 16.5. The quantitative estimate of drug-likeness (QED) is 0.693. The maximum atomic E-state index is 11.5. The molecular weight excluding hydrogens is 224 g/mol. The summed E-state index contributed by atoms with van der Waals surface area (Å²) in [6.07, 6.45) is 0.143. The Balaban J connectivity index is 2.93. The summed E-state index contributed by atoms with van der Waals surface area (Å²) in [4.78, 5) is 26.2. The number of nitrogen functional groups attached to an aromatic ring is 1. The van der Waals surface area contributed by atoms with Crippen molar-refractivity contribution < 1.29 is 14.3 Å². The average molecular weight is 240 g/mol. The minimum atomic E-state index is -0.564. The van der Waals surface area contributed by atoms with Crippen LogP contribution in [0, 0.1) is 6.92 Å². The van der Waals surface area contributed by atoms with Gasteiger partial charge in [0, 0.05) is 13.0 Å². The molecule has 7 nitrogen and oxygen atoms in total. The molecule has 7 heteroatoms. The number of rotatable bonds is 5. The van der Waals surface area contributed by atoms with Gasteiger partial charge in [-0.1, -0.05) is 0 Å². The standard InChI is InChI=1S/C10H16N4O3/c1-3-17-10(16)8-9(12)14(6(2)13-8)5-4-7(11)15/h3-5,12H2,1-2H3,(H2,11,15). The molecule has 0 unspecified atom stereocenters. The lowest BCUT2D eigenvalue weighted by Crippen LogP contribution is -2.16. The molecule has 17 heavy (non-hydrogen) atoms. The summed E-state index contributed by atoms with van der Waals surface area (Å²) < 4.78 is 6.38. The Hall–Kier alpha value is -2.05. The molecule has 1 aromatic rings. The lowest BCUT2D eigenvalue weighted by atomic mass is 10.4. The first-order valence-electron chi connectivity index (χ1n) is 5.25. The fourth-order valence-electron chi connectivity index (χ4n) is 1.44. The number of carbonyl (C=O) groups is 2. The van der Waals surface area contributed by atoms with E-state index >= 15 is 0 Å². The van der Waals surface area contributed by atoms with Crippen LogP contribution >= 0.6 is 0 Å². The fourth-order valence-corrected chi connectivity index (χ4v) is 1.44. The topological polar surface area (TPSA) is 113 Å². The molecule has 94 valence electrons. The molecule has 0 fully saturated rings. The molecule has 1 heterocycles. The van der Waals surface area contributed by atoms with Crippen LogP contribution in [0.2, 0.25) is 0 Å². The molecule has 0 saturated carbocycles. The number of nitrogens with zero attached hydrogens (tertiary/aromatic N) is 2. The largest absolute Gasteiger partial charge is 0.461 e. The van der Waals surface area contributed by atoms with Gasteiger partial charge in [0.2, 0.25) is 5.91 Å². The highest BCUT2D eigenvalue weighted by molar-refractivity contribution is 5.92. The summed E-state index contributed by atoms with van der Waals surface area (Å²) in [5.74, 6) is -0.255. The third kappa shape index (κ3) is 2.96. The van der Waals surface area contributed by atoms with Crippen LogP contribution in [-0.2, 0) is 16.1 Å². The van der Waals surface area contributed by atoms with E-state index in [1.807, 2.05) is 0 Å². The Kier molecular flexibility index (Phi) is 4.08. The van der Waals surface area contributed by atoms with Crippen LogP contribution < -0.4 is 11.5 Å². The maximum absolute atomic E-state index is 11.5. The zero-order chi connectivity index (χ0) is 13.0. The lowest BCUT2D eigenvalue weighted by Gasteiger charge is -2.05. The van der Waals surface area contributed by atoms with E-state index in [-0.39, 0.29) is 24.5 Å². The summed E-state index contributed by atoms with van der Waals surface area (Å²) in [5, 5.41) is 0. The first-order chi connectivity index (χ1) is 7.97. The first-order valence-corrected chi connectivity index (χ1v) is 5.25. The van der Waals surface area contributed by atoms with E-state index in [0.29, 0.717) is 12.4 Å². The van der Waals surface area contributed by atoms with Crippen molar-refractivity contribution in [1.29, 1.82) is 0 Å². The minimum absolute atomic E-state index is 0.0776. The Bertz CT molecular complexity index is 439. The molecule has 4 N–H and O–H groups in total. The van der Waals surface area contributed by atoms with Crippen LogP contribution in [0.4, 0.5) is 5.82 Å². The molecule has 0 radical (unpaired) electrons. The van der Waals surface area contributed by atoms with Crippen LogP contribution in [0.5, 0.6) is 0 Å². The van der Waals surface area contributed by atoms with E-state index in [1.54, 1.807) is 18.4 Å². The van der Waals surface area contributed by atoms with Gasteiger partial charge in [-0.15, -0.1) is 0 Å². The molecule has 1 rings (SSSR count). The molecular formula is C10H16N4O3. The SMILES string of the molecule is CCOC(=O)c1nc(C)n(CCC(N)=O)c1N. The molecule has 0 bridgehead atoms. The van der Waals surface area contributed by atoms with Gasteiger partial charge >= 0.3 is 5.97 Å². The number of anilines is 1. The zero-order valence-electron chi connectivity index (χ0n) is 9.90. The second-order valence-electron chi connectivity index (χ2n) is 3.48. The number of amides is 1. The first kappa shape index (κ1) is 13.0. The van der Waals surface area contributed by atoms with Gasteiger partial charge in [-0.3, -0.25) is 4.79 Å². The molecule has 1 amide bonds. The molecule has 0 aromatic carbocycles. The predicted molar refractivity (Wildman–Crippen MR) is 61.1 cm³/mol. The predicted octanol–water partition coefficient (Wildman–Crippen LogP) is -0.174. The molecule has 0 aliphatic rings. The van der Waals surface area contributed by atoms with Gasteiger partial charge in [0.1, 0.15) is 11.6 Å². The molecule has 0 saturated heterocycles. The summed E-state index contributed by atoms with van der Waals surface area (Å²) >= 11 is 0. The van der Waals surface area contributed by atoms with Crippen LogP contribution in [-0.4, -0.2) is 28.0 Å². The number of esters is 1. The van der Waals surface area contributed by atoms with E-state index in [1.165, 1.54) is 0 Å². The summed E-state index contributed by atoms with van der Waals surface area (Å²) in [5.41, 5.74) is 10.9. The average Bonchev–Trinajstić information content (AvgIpc) is 2.52. The van der Waals surface area contributed by atoms with Gasteiger partial charge in [0.15, 0.2) is 5.69 Å². The van der Waals surface area contributed by atoms with Crippen molar-refractivity contribution >= 4 is 17.7 Å². The number of nitrogens with two attached hydrogens (primary N) is 2. The van der Waals surface area contributed by atoms with Gasteiger partial charge in [0.25, 0.3) is 0 Å². The summed E-state index contributed by atoms with van der Waals surface area (Å²) in [6.45, 7) is 3.95. The van der Waals surface area contributed by atoms with E-state index in [9.17, 15) is 9.59 Å². The lowest BCUT2D eigenvalue weighted by molar-refractivity contribution is -0.118. The third-order valence-electron chi connectivity index (χ3n) is 2.25. The van der Waals surface area contributed by atoms with Crippen molar-refractivity contribution in [1.82, 2.24) is 9.55 Å². The van der Waals surface area contributed by atoms with Crippen molar-refractivity contribution in [2.45, 2.75) is 26.8 Å². The number of hydrogen-bond acceptors (Lipinski definition) is 5. The fraction of sp³-hybridized carbons (Fsp3) is 0.500. The van der Waals surface area contributed by atoms with Crippen LogP contribution in [0.15, 0.2) is 0 Å². The van der Waals surface area contributed by atoms with E-state index in [2.05, 4.69) is 4.98 Å². The van der Waals surface area contributed by atoms with E-state index in [4.69, 9.17) is 16.2 Å². The van der Waals surface area contributed by atoms with Crippen molar-refractivity contribution in [2.75, 3.05) is 12.3 Å². The second-order valence-corrected chi connectivity index (χ2v) is 3.48. The molecule has 0 aliphatic carbocycles. The van der Waals surface area contributed by atoms with Crippen LogP contribution in [0.3, 0.4) is 0 Å². The van der Waals surface area contributed by atoms with E-state index < -0.39 is 11.9 Å². The Morgan fingerprint density at radius 2 is 2.12 bits per heavy atom. The molecule has 0 atom stereocenters. The molecule has 0 aliphatic heterocycles. The second kappa shape index (κ2) is 5.33. The maximum Gasteiger partial charge on any atom is 0.360 e. The number of aryl methyl sites for hydroxylation is 1. The highest BCUT2D eigenvalue weighted by Crippen LogP contribution is 2.15. The van der Waals surface area contributed by atoms with Crippen LogP contribution in [0.25, 0.3) is 0 Å². The number of aromatic nitrogens is 2. The zero-order valence-corrected chi connectivity index (χ0v) is 9.90. The number of hydrogen-bond donors (Lipinski definition) is 2. The molecule has 1 aromatic heterocycles. The van der Waals surface area contributed by atoms with Gasteiger partial charge in [-0.25, -0.2) is 9.78 Å². The van der Waals surface area contributed by atoms with Crippen molar-refractivity contribution in [3.05, 3.63) is 11.5 Å². The van der Waals surface area contributed by atoms with Crippen LogP contribution in [0.1, 0.15) is 29.7 Å². The van der Waals surface area contributed by atoms with Gasteiger partial charge in [-0.05, 0) is 13.8 Å². The number of primary amides is 1. The summed E-state index contributed by atoms with van der Waals surface area (Å²) in [6, 6.07) is 0. The van der Waals surface area contributed by atoms with Gasteiger partial charge in [0.05, 0.1) is 6.61 Å². The minimum Gasteiger partial charge on any atom is -0.461 e. The van der Waals surface area contributed by atoms with Gasteiger partial charge in [-0.2, -0.15) is 0 Å². The normalized spacial score (nSPS) is 10.2. The number of ether oxygens (including phenoxy) is 1. The molecule has 0 spiro atoms. The van der Waals surface area contributed by atoms with Crippen molar-refractivity contribution in [3.63, 3.8) is 0 Å². The smallest absolute Gasteiger partial charge is 0.360 e. The van der Waals surface area contributed by atoms with Gasteiger partial charge < -0.3 is 20.8 Å². The summed E-state index contributed by atoms with van der Waals surface area (Å²) in [7, 11) is 0. The Morgan fingerprint density at radius 3 is 2.65 bits per heavy atom. The number of imidazole rings is 1. The Morgan fingerprint density at radius 1 is 1.47 bits per heavy atom. The highest BCUT2D eigenvalue weighted by Gasteiger charge is 2.19. The number of carbonyl (C=O) groups excluding carboxylic acids is 2. The third-order valence-corrected chi connectivity index (χ3v) is 2.25.